The number of hydrogen-bond donors (Lipinski definition) is 1. The van der Waals surface area contributed by atoms with E-state index >= 15 is 0 Å². The maximum absolute atomic E-state index is 14.2. The van der Waals surface area contributed by atoms with Gasteiger partial charge in [-0.25, -0.2) is 8.78 Å². The quantitative estimate of drug-likeness (QED) is 0.812. The molecule has 1 nitrogen and oxygen atoms in total. The molecule has 4 heteroatoms. The average molecular weight is 313 g/mol. The van der Waals surface area contributed by atoms with Crippen molar-refractivity contribution in [3.05, 3.63) is 29.3 Å². The van der Waals surface area contributed by atoms with Crippen LogP contribution in [0.5, 0.6) is 0 Å². The van der Waals surface area contributed by atoms with Gasteiger partial charge in [0.25, 0.3) is 0 Å². The molecule has 1 aromatic rings. The van der Waals surface area contributed by atoms with Gasteiger partial charge in [-0.05, 0) is 51.3 Å². The molecule has 0 aromatic heterocycles. The number of halogens is 2. The Kier molecular flexibility index (Phi) is 5.67. The van der Waals surface area contributed by atoms with Gasteiger partial charge >= 0.3 is 0 Å². The molecule has 2 rings (SSSR count). The van der Waals surface area contributed by atoms with Gasteiger partial charge in [-0.3, -0.25) is 0 Å². The van der Waals surface area contributed by atoms with Gasteiger partial charge in [-0.2, -0.15) is 0 Å². The van der Waals surface area contributed by atoms with Crippen molar-refractivity contribution in [3.63, 3.8) is 0 Å². The second-order valence-electron chi connectivity index (χ2n) is 6.87. The molecule has 21 heavy (non-hydrogen) atoms. The van der Waals surface area contributed by atoms with E-state index in [2.05, 4.69) is 5.32 Å². The summed E-state index contributed by atoms with van der Waals surface area (Å²) >= 11 is 1.38. The van der Waals surface area contributed by atoms with Crippen molar-refractivity contribution in [1.82, 2.24) is 5.32 Å². The van der Waals surface area contributed by atoms with E-state index in [9.17, 15) is 8.78 Å². The highest BCUT2D eigenvalue weighted by Gasteiger charge is 2.20. The van der Waals surface area contributed by atoms with Gasteiger partial charge in [0, 0.05) is 17.3 Å². The third kappa shape index (κ3) is 5.26. The van der Waals surface area contributed by atoms with Crippen LogP contribution in [0.4, 0.5) is 8.78 Å². The van der Waals surface area contributed by atoms with Gasteiger partial charge in [0.2, 0.25) is 0 Å². The third-order valence-electron chi connectivity index (χ3n) is 3.72. The Bertz CT molecular complexity index is 453. The number of benzene rings is 1. The number of thioether (sulfide) groups is 1. The zero-order valence-corrected chi connectivity index (χ0v) is 14.0. The third-order valence-corrected chi connectivity index (χ3v) is 5.15. The first kappa shape index (κ1) is 16.8. The van der Waals surface area contributed by atoms with E-state index in [0.29, 0.717) is 17.4 Å². The van der Waals surface area contributed by atoms with Crippen LogP contribution in [0.25, 0.3) is 0 Å². The number of nitrogens with one attached hydrogen (secondary N) is 1. The Labute approximate surface area is 130 Å². The van der Waals surface area contributed by atoms with Gasteiger partial charge in [0.1, 0.15) is 11.6 Å². The van der Waals surface area contributed by atoms with Gasteiger partial charge < -0.3 is 5.32 Å². The summed E-state index contributed by atoms with van der Waals surface area (Å²) in [7, 11) is 0. The fraction of sp³-hybridized carbons (Fsp3) is 0.647. The van der Waals surface area contributed by atoms with Gasteiger partial charge in [0.05, 0.1) is 4.90 Å². The highest BCUT2D eigenvalue weighted by molar-refractivity contribution is 8.00. The molecule has 0 aliphatic heterocycles. The van der Waals surface area contributed by atoms with Crippen molar-refractivity contribution >= 4 is 11.8 Å². The zero-order chi connectivity index (χ0) is 15.5. The lowest BCUT2D eigenvalue weighted by Crippen LogP contribution is -2.35. The maximum atomic E-state index is 14.2. The molecule has 0 unspecified atom stereocenters. The standard InChI is InChI=1S/C17H25F2NS/c1-17(2,3)20-11-12-9-14(18)16(15(19)10-12)21-13-7-5-4-6-8-13/h9-10,13,20H,4-8,11H2,1-3H3. The Morgan fingerprint density at radius 3 is 2.19 bits per heavy atom. The summed E-state index contributed by atoms with van der Waals surface area (Å²) < 4.78 is 28.4. The first-order chi connectivity index (χ1) is 9.85. The van der Waals surface area contributed by atoms with Crippen LogP contribution >= 0.6 is 11.8 Å². The van der Waals surface area contributed by atoms with E-state index in [1.807, 2.05) is 20.8 Å². The first-order valence-electron chi connectivity index (χ1n) is 7.75. The Balaban J connectivity index is 2.05. The van der Waals surface area contributed by atoms with Crippen LogP contribution in [0.15, 0.2) is 17.0 Å². The van der Waals surface area contributed by atoms with E-state index in [0.717, 1.165) is 12.8 Å². The molecule has 1 aliphatic carbocycles. The zero-order valence-electron chi connectivity index (χ0n) is 13.1. The lowest BCUT2D eigenvalue weighted by molar-refractivity contribution is 0.422. The highest BCUT2D eigenvalue weighted by atomic mass is 32.2. The molecule has 0 heterocycles. The Hall–Kier alpha value is -0.610. The summed E-state index contributed by atoms with van der Waals surface area (Å²) in [6, 6.07) is 2.93. The van der Waals surface area contributed by atoms with Crippen LogP contribution in [0.1, 0.15) is 58.4 Å². The molecule has 0 radical (unpaired) electrons. The second-order valence-corrected chi connectivity index (χ2v) is 8.18. The van der Waals surface area contributed by atoms with Crippen molar-refractivity contribution < 1.29 is 8.78 Å². The highest BCUT2D eigenvalue weighted by Crippen LogP contribution is 2.36. The fourth-order valence-corrected chi connectivity index (χ4v) is 3.79. The Morgan fingerprint density at radius 2 is 1.67 bits per heavy atom. The predicted octanol–water partition coefficient (Wildman–Crippen LogP) is 5.28. The molecule has 0 atom stereocenters. The number of hydrogen-bond acceptors (Lipinski definition) is 2. The van der Waals surface area contributed by atoms with Crippen molar-refractivity contribution in [2.24, 2.45) is 0 Å². The lowest BCUT2D eigenvalue weighted by atomic mass is 10.0. The predicted molar refractivity (Wildman–Crippen MR) is 85.7 cm³/mol. The van der Waals surface area contributed by atoms with Crippen molar-refractivity contribution in [2.75, 3.05) is 0 Å². The number of rotatable bonds is 4. The second kappa shape index (κ2) is 7.10. The average Bonchev–Trinajstić information content (AvgIpc) is 2.41. The van der Waals surface area contributed by atoms with Crippen LogP contribution in [-0.2, 0) is 6.54 Å². The summed E-state index contributed by atoms with van der Waals surface area (Å²) in [4.78, 5) is 0.196. The van der Waals surface area contributed by atoms with Crippen LogP contribution in [0, 0.1) is 11.6 Å². The largest absolute Gasteiger partial charge is 0.308 e. The van der Waals surface area contributed by atoms with E-state index in [4.69, 9.17) is 0 Å². The van der Waals surface area contributed by atoms with Gasteiger partial charge in [-0.1, -0.05) is 19.3 Å². The minimum absolute atomic E-state index is 0.0670. The molecule has 118 valence electrons. The molecule has 0 amide bonds. The normalized spacial score (nSPS) is 17.2. The van der Waals surface area contributed by atoms with Crippen LogP contribution in [-0.4, -0.2) is 10.8 Å². The molecular weight excluding hydrogens is 288 g/mol. The molecule has 0 saturated heterocycles. The summed E-state index contributed by atoms with van der Waals surface area (Å²) in [5, 5.41) is 3.62. The van der Waals surface area contributed by atoms with Gasteiger partial charge in [-0.15, -0.1) is 11.8 Å². The summed E-state index contributed by atoms with van der Waals surface area (Å²) in [6.45, 7) is 6.58. The molecule has 0 spiro atoms. The van der Waals surface area contributed by atoms with Crippen LogP contribution in [0.3, 0.4) is 0 Å². The van der Waals surface area contributed by atoms with E-state index in [1.54, 1.807) is 0 Å². The molecule has 1 fully saturated rings. The van der Waals surface area contributed by atoms with E-state index < -0.39 is 11.6 Å². The van der Waals surface area contributed by atoms with E-state index in [-0.39, 0.29) is 10.4 Å². The molecular formula is C17H25F2NS. The SMILES string of the molecule is CC(C)(C)NCc1cc(F)c(SC2CCCCC2)c(F)c1. The summed E-state index contributed by atoms with van der Waals surface area (Å²) in [5.41, 5.74) is 0.593. The summed E-state index contributed by atoms with van der Waals surface area (Å²) in [5.74, 6) is -0.840. The monoisotopic (exact) mass is 313 g/mol. The molecule has 1 N–H and O–H groups in total. The van der Waals surface area contributed by atoms with E-state index in [1.165, 1.54) is 43.2 Å². The maximum Gasteiger partial charge on any atom is 0.140 e. The summed E-state index contributed by atoms with van der Waals surface area (Å²) in [6.07, 6.45) is 5.73. The minimum Gasteiger partial charge on any atom is -0.308 e. The van der Waals surface area contributed by atoms with Crippen molar-refractivity contribution in [3.8, 4) is 0 Å². The van der Waals surface area contributed by atoms with Gasteiger partial charge in [0.15, 0.2) is 0 Å². The first-order valence-corrected chi connectivity index (χ1v) is 8.63. The molecule has 1 aliphatic rings. The van der Waals surface area contributed by atoms with Crippen LogP contribution < -0.4 is 5.32 Å². The van der Waals surface area contributed by atoms with Crippen molar-refractivity contribution in [2.45, 2.75) is 75.1 Å². The lowest BCUT2D eigenvalue weighted by Gasteiger charge is -2.22. The molecule has 1 aromatic carbocycles. The van der Waals surface area contributed by atoms with Crippen LogP contribution in [0.2, 0.25) is 0 Å². The molecule has 0 bridgehead atoms. The fourth-order valence-electron chi connectivity index (χ4n) is 2.54. The molecule has 1 saturated carbocycles. The minimum atomic E-state index is -0.420. The smallest absolute Gasteiger partial charge is 0.140 e. The topological polar surface area (TPSA) is 12.0 Å². The van der Waals surface area contributed by atoms with Crippen molar-refractivity contribution in [1.29, 1.82) is 0 Å². The Morgan fingerprint density at radius 1 is 1.10 bits per heavy atom.